The first-order valence-electron chi connectivity index (χ1n) is 5.58. The average Bonchev–Trinajstić information content (AvgIpc) is 2.82. The van der Waals surface area contributed by atoms with E-state index in [9.17, 15) is 13.2 Å². The van der Waals surface area contributed by atoms with Crippen LogP contribution in [0.15, 0.2) is 33.6 Å². The Morgan fingerprint density at radius 2 is 2.11 bits per heavy atom. The summed E-state index contributed by atoms with van der Waals surface area (Å²) in [6, 6.07) is 6.52. The number of hydrogen-bond acceptors (Lipinski definition) is 4. The van der Waals surface area contributed by atoms with E-state index in [0.29, 0.717) is 24.1 Å². The maximum Gasteiger partial charge on any atom is 0.186 e. The van der Waals surface area contributed by atoms with Crippen molar-refractivity contribution in [3.05, 3.63) is 28.7 Å². The summed E-state index contributed by atoms with van der Waals surface area (Å²) in [5, 5.41) is 0. The summed E-state index contributed by atoms with van der Waals surface area (Å²) in [6.07, 6.45) is 0.615. The van der Waals surface area contributed by atoms with Crippen molar-refractivity contribution in [1.82, 2.24) is 0 Å². The zero-order chi connectivity index (χ0) is 13.2. The van der Waals surface area contributed by atoms with E-state index >= 15 is 0 Å². The fourth-order valence-corrected chi connectivity index (χ4v) is 4.31. The van der Waals surface area contributed by atoms with E-state index in [1.807, 2.05) is 0 Å². The first-order valence-corrected chi connectivity index (χ1v) is 8.03. The lowest BCUT2D eigenvalue weighted by Crippen LogP contribution is -2.24. The van der Waals surface area contributed by atoms with Crippen LogP contribution < -0.4 is 0 Å². The molecule has 2 rings (SSSR count). The number of ketones is 1. The monoisotopic (exact) mass is 332 g/mol. The molecular weight excluding hydrogens is 320 g/mol. The Morgan fingerprint density at radius 3 is 2.72 bits per heavy atom. The van der Waals surface area contributed by atoms with Crippen molar-refractivity contribution in [2.75, 3.05) is 19.0 Å². The van der Waals surface area contributed by atoms with Crippen molar-refractivity contribution in [2.24, 2.45) is 5.92 Å². The maximum absolute atomic E-state index is 12.1. The number of ether oxygens (including phenoxy) is 1. The molecule has 98 valence electrons. The molecule has 18 heavy (non-hydrogen) atoms. The lowest BCUT2D eigenvalue weighted by atomic mass is 10.1. The van der Waals surface area contributed by atoms with Crippen LogP contribution in [0.5, 0.6) is 0 Å². The summed E-state index contributed by atoms with van der Waals surface area (Å²) >= 11 is 3.19. The van der Waals surface area contributed by atoms with Gasteiger partial charge in [-0.15, -0.1) is 0 Å². The number of carbonyl (C=O) groups is 1. The lowest BCUT2D eigenvalue weighted by Gasteiger charge is -2.08. The van der Waals surface area contributed by atoms with Gasteiger partial charge in [-0.2, -0.15) is 0 Å². The molecule has 1 aromatic rings. The third kappa shape index (κ3) is 2.99. The van der Waals surface area contributed by atoms with Gasteiger partial charge in [-0.05, 0) is 34.5 Å². The zero-order valence-corrected chi connectivity index (χ0v) is 12.0. The molecule has 6 heteroatoms. The largest absolute Gasteiger partial charge is 0.381 e. The van der Waals surface area contributed by atoms with Crippen molar-refractivity contribution in [2.45, 2.75) is 11.3 Å². The number of carbonyl (C=O) groups excluding carboxylic acids is 1. The average molecular weight is 333 g/mol. The molecule has 4 nitrogen and oxygen atoms in total. The van der Waals surface area contributed by atoms with Crippen LogP contribution in [0.3, 0.4) is 0 Å². The minimum Gasteiger partial charge on any atom is -0.381 e. The molecule has 1 unspecified atom stereocenters. The van der Waals surface area contributed by atoms with Gasteiger partial charge in [0.05, 0.1) is 11.5 Å². The molecule has 0 spiro atoms. The highest BCUT2D eigenvalue weighted by Crippen LogP contribution is 2.24. The van der Waals surface area contributed by atoms with Crippen LogP contribution in [0.4, 0.5) is 0 Å². The minimum atomic E-state index is -3.58. The van der Waals surface area contributed by atoms with E-state index in [4.69, 9.17) is 4.74 Å². The second kappa shape index (κ2) is 5.50. The molecule has 1 atom stereocenters. The van der Waals surface area contributed by atoms with E-state index < -0.39 is 15.6 Å². The number of halogens is 1. The van der Waals surface area contributed by atoms with Crippen LogP contribution in [0.1, 0.15) is 6.42 Å². The van der Waals surface area contributed by atoms with Gasteiger partial charge >= 0.3 is 0 Å². The van der Waals surface area contributed by atoms with Crippen LogP contribution in [0.25, 0.3) is 0 Å². The van der Waals surface area contributed by atoms with Gasteiger partial charge in [-0.3, -0.25) is 4.79 Å². The van der Waals surface area contributed by atoms with Crippen LogP contribution in [0.2, 0.25) is 0 Å². The van der Waals surface area contributed by atoms with Gasteiger partial charge < -0.3 is 4.74 Å². The molecule has 1 aliphatic heterocycles. The van der Waals surface area contributed by atoms with Crippen LogP contribution in [-0.4, -0.2) is 33.2 Å². The SMILES string of the molecule is O=C(CS(=O)(=O)c1ccccc1Br)C1CCOC1. The van der Waals surface area contributed by atoms with E-state index in [0.717, 1.165) is 0 Å². The smallest absolute Gasteiger partial charge is 0.186 e. The molecule has 0 aromatic heterocycles. The van der Waals surface area contributed by atoms with E-state index in [1.165, 1.54) is 6.07 Å². The van der Waals surface area contributed by atoms with E-state index in [1.54, 1.807) is 18.2 Å². The molecule has 0 radical (unpaired) electrons. The highest BCUT2D eigenvalue weighted by atomic mass is 79.9. The van der Waals surface area contributed by atoms with Crippen molar-refractivity contribution in [3.63, 3.8) is 0 Å². The Labute approximate surface area is 114 Å². The number of Topliss-reactive ketones (excluding diaryl/α,β-unsaturated/α-hetero) is 1. The fraction of sp³-hybridized carbons (Fsp3) is 0.417. The predicted molar refractivity (Wildman–Crippen MR) is 70.1 cm³/mol. The van der Waals surface area contributed by atoms with Crippen molar-refractivity contribution in [1.29, 1.82) is 0 Å². The third-order valence-corrected chi connectivity index (χ3v) is 5.53. The first kappa shape index (κ1) is 13.7. The van der Waals surface area contributed by atoms with Gasteiger partial charge in [0.1, 0.15) is 5.75 Å². The third-order valence-electron chi connectivity index (χ3n) is 2.89. The Hall–Kier alpha value is -0.720. The molecule has 0 saturated carbocycles. The molecule has 1 saturated heterocycles. The Kier molecular flexibility index (Phi) is 4.19. The van der Waals surface area contributed by atoms with Gasteiger partial charge in [0, 0.05) is 17.0 Å². The molecule has 0 bridgehead atoms. The van der Waals surface area contributed by atoms with E-state index in [-0.39, 0.29) is 16.6 Å². The summed E-state index contributed by atoms with van der Waals surface area (Å²) in [4.78, 5) is 12.0. The molecule has 0 aliphatic carbocycles. The molecule has 0 N–H and O–H groups in total. The Morgan fingerprint density at radius 1 is 1.39 bits per heavy atom. The first-order chi connectivity index (χ1) is 8.50. The van der Waals surface area contributed by atoms with Crippen molar-refractivity contribution < 1.29 is 17.9 Å². The molecule has 1 fully saturated rings. The summed E-state index contributed by atoms with van der Waals surface area (Å²) < 4.78 is 29.8. The van der Waals surface area contributed by atoms with Gasteiger partial charge in [0.25, 0.3) is 0 Å². The molecular formula is C12H13BrO4S. The second-order valence-electron chi connectivity index (χ2n) is 4.22. The summed E-state index contributed by atoms with van der Waals surface area (Å²) in [5.74, 6) is -0.991. The second-order valence-corrected chi connectivity index (χ2v) is 7.03. The summed E-state index contributed by atoms with van der Waals surface area (Å²) in [5.41, 5.74) is 0. The quantitative estimate of drug-likeness (QED) is 0.843. The number of benzene rings is 1. The highest BCUT2D eigenvalue weighted by molar-refractivity contribution is 9.10. The zero-order valence-electron chi connectivity index (χ0n) is 9.63. The molecule has 1 heterocycles. The normalized spacial score (nSPS) is 19.9. The molecule has 1 aliphatic rings. The van der Waals surface area contributed by atoms with Crippen LogP contribution in [0, 0.1) is 5.92 Å². The fourth-order valence-electron chi connectivity index (χ4n) is 1.87. The van der Waals surface area contributed by atoms with Gasteiger partial charge in [0.15, 0.2) is 15.6 Å². The van der Waals surface area contributed by atoms with E-state index in [2.05, 4.69) is 15.9 Å². The highest BCUT2D eigenvalue weighted by Gasteiger charge is 2.29. The predicted octanol–water partition coefficient (Wildman–Crippen LogP) is 1.83. The van der Waals surface area contributed by atoms with Crippen LogP contribution >= 0.6 is 15.9 Å². The number of hydrogen-bond donors (Lipinski definition) is 0. The topological polar surface area (TPSA) is 60.4 Å². The molecule has 1 aromatic carbocycles. The van der Waals surface area contributed by atoms with Crippen LogP contribution in [-0.2, 0) is 19.4 Å². The summed E-state index contributed by atoms with van der Waals surface area (Å²) in [6.45, 7) is 0.871. The Bertz CT molecular complexity index is 547. The summed E-state index contributed by atoms with van der Waals surface area (Å²) in [7, 11) is -3.58. The minimum absolute atomic E-state index is 0.164. The lowest BCUT2D eigenvalue weighted by molar-refractivity contribution is -0.120. The standard InChI is InChI=1S/C12H13BrO4S/c13-10-3-1-2-4-12(10)18(15,16)8-11(14)9-5-6-17-7-9/h1-4,9H,5-8H2. The van der Waals surface area contributed by atoms with Crippen molar-refractivity contribution >= 4 is 31.6 Å². The van der Waals surface area contributed by atoms with Gasteiger partial charge in [0.2, 0.25) is 0 Å². The van der Waals surface area contributed by atoms with Gasteiger partial charge in [-0.25, -0.2) is 8.42 Å². The van der Waals surface area contributed by atoms with Gasteiger partial charge in [-0.1, -0.05) is 12.1 Å². The molecule has 0 amide bonds. The maximum atomic E-state index is 12.1. The van der Waals surface area contributed by atoms with Crippen molar-refractivity contribution in [3.8, 4) is 0 Å². The number of sulfone groups is 1. The number of rotatable bonds is 4. The Balaban J connectivity index is 2.17.